The van der Waals surface area contributed by atoms with Crippen LogP contribution in [0.2, 0.25) is 0 Å². The zero-order chi connectivity index (χ0) is 17.4. The molecule has 2 aromatic heterocycles. The minimum atomic E-state index is -0.283. The summed E-state index contributed by atoms with van der Waals surface area (Å²) in [4.78, 5) is 11.1. The van der Waals surface area contributed by atoms with Crippen molar-refractivity contribution >= 4 is 11.0 Å². The van der Waals surface area contributed by atoms with Crippen LogP contribution in [0.15, 0.2) is 24.5 Å². The van der Waals surface area contributed by atoms with Gasteiger partial charge in [0.1, 0.15) is 23.5 Å². The van der Waals surface area contributed by atoms with Gasteiger partial charge in [-0.2, -0.15) is 5.10 Å². The summed E-state index contributed by atoms with van der Waals surface area (Å²) >= 11 is 0. The molecule has 8 heteroatoms. The summed E-state index contributed by atoms with van der Waals surface area (Å²) in [5.74, 6) is 1.39. The third-order valence-electron chi connectivity index (χ3n) is 4.92. The lowest BCUT2D eigenvalue weighted by Gasteiger charge is -2.22. The first-order chi connectivity index (χ1) is 12.2. The number of aromatic amines is 1. The van der Waals surface area contributed by atoms with Gasteiger partial charge < -0.3 is 9.30 Å². The van der Waals surface area contributed by atoms with Gasteiger partial charge in [0.15, 0.2) is 5.82 Å². The lowest BCUT2D eigenvalue weighted by atomic mass is 10.2. The lowest BCUT2D eigenvalue weighted by Crippen LogP contribution is -2.27. The normalized spacial score (nSPS) is 21.4. The number of methoxy groups -OCH3 is 1. The van der Waals surface area contributed by atoms with Crippen LogP contribution < -0.4 is 0 Å². The van der Waals surface area contributed by atoms with Crippen LogP contribution in [-0.2, 0) is 17.8 Å². The predicted octanol–water partition coefficient (Wildman–Crippen LogP) is 2.28. The zero-order valence-electron chi connectivity index (χ0n) is 14.3. The molecule has 1 fully saturated rings. The predicted molar refractivity (Wildman–Crippen MR) is 90.3 cm³/mol. The summed E-state index contributed by atoms with van der Waals surface area (Å²) in [5, 5.41) is 6.92. The summed E-state index contributed by atoms with van der Waals surface area (Å²) < 4.78 is 21.7. The van der Waals surface area contributed by atoms with E-state index >= 15 is 0 Å². The minimum absolute atomic E-state index is 0.0856. The van der Waals surface area contributed by atoms with Gasteiger partial charge in [0.2, 0.25) is 0 Å². The van der Waals surface area contributed by atoms with Gasteiger partial charge in [0, 0.05) is 20.2 Å². The molecule has 1 N–H and O–H groups in total. The molecule has 25 heavy (non-hydrogen) atoms. The Kier molecular flexibility index (Phi) is 4.22. The number of nitrogens with one attached hydrogen (secondary N) is 1. The molecule has 0 bridgehead atoms. The number of nitrogens with zero attached hydrogens (tertiary/aromatic N) is 5. The zero-order valence-corrected chi connectivity index (χ0v) is 14.3. The molecule has 1 saturated heterocycles. The maximum Gasteiger partial charge on any atom is 0.151 e. The molecular formula is C17H21FN6O. The Hall–Kier alpha value is -2.32. The first-order valence-electron chi connectivity index (χ1n) is 8.47. The molecule has 7 nitrogen and oxygen atoms in total. The Labute approximate surface area is 144 Å². The number of aryl methyl sites for hydroxylation is 1. The average Bonchev–Trinajstić information content (AvgIpc) is 3.33. The van der Waals surface area contributed by atoms with Crippen LogP contribution in [0, 0.1) is 5.82 Å². The van der Waals surface area contributed by atoms with Crippen molar-refractivity contribution in [2.24, 2.45) is 0 Å². The molecule has 0 amide bonds. The number of benzene rings is 1. The van der Waals surface area contributed by atoms with Crippen molar-refractivity contribution in [1.82, 2.24) is 29.6 Å². The second kappa shape index (κ2) is 6.53. The number of rotatable bonds is 5. The number of H-pyrrole nitrogens is 1. The van der Waals surface area contributed by atoms with Gasteiger partial charge >= 0.3 is 0 Å². The lowest BCUT2D eigenvalue weighted by molar-refractivity contribution is 0.106. The molecule has 0 spiro atoms. The van der Waals surface area contributed by atoms with Gasteiger partial charge in [-0.25, -0.2) is 14.4 Å². The summed E-state index contributed by atoms with van der Waals surface area (Å²) in [6, 6.07) is 5.17. The van der Waals surface area contributed by atoms with E-state index in [1.165, 1.54) is 12.4 Å². The second-order valence-electron chi connectivity index (χ2n) is 6.29. The van der Waals surface area contributed by atoms with E-state index in [1.807, 2.05) is 13.0 Å². The highest BCUT2D eigenvalue weighted by molar-refractivity contribution is 5.76. The van der Waals surface area contributed by atoms with Crippen LogP contribution in [-0.4, -0.2) is 49.4 Å². The molecular weight excluding hydrogens is 323 g/mol. The monoisotopic (exact) mass is 344 g/mol. The Morgan fingerprint density at radius 2 is 2.28 bits per heavy atom. The van der Waals surface area contributed by atoms with Gasteiger partial charge in [0.25, 0.3) is 0 Å². The van der Waals surface area contributed by atoms with Crippen LogP contribution in [0.4, 0.5) is 4.39 Å². The number of hydrogen-bond donors (Lipinski definition) is 1. The number of aromatic nitrogens is 5. The van der Waals surface area contributed by atoms with E-state index in [-0.39, 0.29) is 18.0 Å². The first kappa shape index (κ1) is 16.2. The fourth-order valence-corrected chi connectivity index (χ4v) is 3.68. The Bertz CT molecular complexity index is 862. The van der Waals surface area contributed by atoms with Gasteiger partial charge in [0.05, 0.1) is 24.2 Å². The Morgan fingerprint density at radius 3 is 3.00 bits per heavy atom. The first-order valence-corrected chi connectivity index (χ1v) is 8.47. The molecule has 0 unspecified atom stereocenters. The highest BCUT2D eigenvalue weighted by Gasteiger charge is 2.35. The van der Waals surface area contributed by atoms with E-state index in [9.17, 15) is 4.39 Å². The number of imidazole rings is 1. The molecule has 1 aromatic carbocycles. The van der Waals surface area contributed by atoms with E-state index in [4.69, 9.17) is 4.74 Å². The molecule has 0 saturated carbocycles. The van der Waals surface area contributed by atoms with Crippen LogP contribution in [0.1, 0.15) is 31.0 Å². The highest BCUT2D eigenvalue weighted by atomic mass is 19.1. The van der Waals surface area contributed by atoms with E-state index in [0.717, 1.165) is 36.7 Å². The Morgan fingerprint density at radius 1 is 1.40 bits per heavy atom. The number of fused-ring (bicyclic) bond motifs is 1. The van der Waals surface area contributed by atoms with Crippen molar-refractivity contribution in [2.45, 2.75) is 38.6 Å². The van der Waals surface area contributed by atoms with Crippen molar-refractivity contribution in [3.63, 3.8) is 0 Å². The number of para-hydroxylation sites is 1. The fraction of sp³-hybridized carbons (Fsp3) is 0.471. The summed E-state index contributed by atoms with van der Waals surface area (Å²) in [6.07, 6.45) is 2.49. The minimum Gasteiger partial charge on any atom is -0.380 e. The number of likely N-dealkylation sites (tertiary alicyclic amines) is 1. The van der Waals surface area contributed by atoms with E-state index < -0.39 is 0 Å². The van der Waals surface area contributed by atoms with E-state index in [2.05, 4.69) is 29.6 Å². The SMILES string of the molecule is CCn1c(CN2C[C@H](OC)C[C@H]2c2ncn[nH]2)nc2c(F)cccc21. The quantitative estimate of drug-likeness (QED) is 0.769. The van der Waals surface area contributed by atoms with Gasteiger partial charge in [-0.05, 0) is 25.5 Å². The summed E-state index contributed by atoms with van der Waals surface area (Å²) in [6.45, 7) is 4.17. The van der Waals surface area contributed by atoms with Crippen molar-refractivity contribution in [2.75, 3.05) is 13.7 Å². The maximum absolute atomic E-state index is 14.1. The van der Waals surface area contributed by atoms with Crippen molar-refractivity contribution in [1.29, 1.82) is 0 Å². The molecule has 1 aliphatic rings. The maximum atomic E-state index is 14.1. The summed E-state index contributed by atoms with van der Waals surface area (Å²) in [7, 11) is 1.72. The van der Waals surface area contributed by atoms with Crippen molar-refractivity contribution in [3.05, 3.63) is 42.0 Å². The second-order valence-corrected chi connectivity index (χ2v) is 6.29. The van der Waals surface area contributed by atoms with Gasteiger partial charge in [-0.1, -0.05) is 6.07 Å². The smallest absolute Gasteiger partial charge is 0.151 e. The van der Waals surface area contributed by atoms with Gasteiger partial charge in [-0.3, -0.25) is 10.00 Å². The molecule has 3 aromatic rings. The Balaban J connectivity index is 1.68. The average molecular weight is 344 g/mol. The third-order valence-corrected chi connectivity index (χ3v) is 4.92. The van der Waals surface area contributed by atoms with Gasteiger partial charge in [-0.15, -0.1) is 0 Å². The molecule has 132 valence electrons. The molecule has 4 rings (SSSR count). The fourth-order valence-electron chi connectivity index (χ4n) is 3.68. The standard InChI is InChI=1S/C17H21FN6O/c1-3-24-13-6-4-5-12(18)16(13)21-15(24)9-23-8-11(25-2)7-14(23)17-19-10-20-22-17/h4-6,10-11,14H,3,7-9H2,1-2H3,(H,19,20,22)/t11-,14+/m1/s1. The highest BCUT2D eigenvalue weighted by Crippen LogP contribution is 2.33. The third kappa shape index (κ3) is 2.81. The molecule has 0 radical (unpaired) electrons. The largest absolute Gasteiger partial charge is 0.380 e. The molecule has 3 heterocycles. The van der Waals surface area contributed by atoms with E-state index in [1.54, 1.807) is 13.2 Å². The molecule has 1 aliphatic heterocycles. The van der Waals surface area contributed by atoms with Crippen LogP contribution >= 0.6 is 0 Å². The van der Waals surface area contributed by atoms with Crippen LogP contribution in [0.3, 0.4) is 0 Å². The van der Waals surface area contributed by atoms with Crippen molar-refractivity contribution in [3.8, 4) is 0 Å². The number of ether oxygens (including phenoxy) is 1. The van der Waals surface area contributed by atoms with Crippen LogP contribution in [0.25, 0.3) is 11.0 Å². The van der Waals surface area contributed by atoms with Crippen LogP contribution in [0.5, 0.6) is 0 Å². The molecule has 0 aliphatic carbocycles. The topological polar surface area (TPSA) is 71.9 Å². The number of hydrogen-bond acceptors (Lipinski definition) is 5. The summed E-state index contributed by atoms with van der Waals surface area (Å²) in [5.41, 5.74) is 1.26. The van der Waals surface area contributed by atoms with Crippen molar-refractivity contribution < 1.29 is 9.13 Å². The molecule has 2 atom stereocenters. The number of halogens is 1. The van der Waals surface area contributed by atoms with E-state index in [0.29, 0.717) is 12.1 Å².